The van der Waals surface area contributed by atoms with Gasteiger partial charge >= 0.3 is 0 Å². The Kier molecular flexibility index (Phi) is 3.14. The van der Waals surface area contributed by atoms with Gasteiger partial charge in [0.05, 0.1) is 11.7 Å². The first-order valence-electron chi connectivity index (χ1n) is 7.96. The minimum absolute atomic E-state index is 0.0305. The van der Waals surface area contributed by atoms with E-state index in [0.29, 0.717) is 5.92 Å². The average Bonchev–Trinajstić information content (AvgIpc) is 3.12. The number of hydrogen-bond acceptors (Lipinski definition) is 4. The highest BCUT2D eigenvalue weighted by Crippen LogP contribution is 2.38. The van der Waals surface area contributed by atoms with Gasteiger partial charge in [-0.1, -0.05) is 6.42 Å². The van der Waals surface area contributed by atoms with E-state index in [-0.39, 0.29) is 18.0 Å². The molecule has 2 N–H and O–H groups in total. The van der Waals surface area contributed by atoms with Crippen LogP contribution < -0.4 is 10.6 Å². The summed E-state index contributed by atoms with van der Waals surface area (Å²) in [4.78, 5) is 16.9. The van der Waals surface area contributed by atoms with Crippen LogP contribution in [0.3, 0.4) is 0 Å². The molecule has 4 rings (SSSR count). The second-order valence-corrected chi connectivity index (χ2v) is 6.65. The highest BCUT2D eigenvalue weighted by Gasteiger charge is 2.47. The second-order valence-electron chi connectivity index (χ2n) is 6.65. The van der Waals surface area contributed by atoms with E-state index in [1.165, 1.54) is 12.8 Å². The minimum atomic E-state index is -0.0376. The van der Waals surface area contributed by atoms with Gasteiger partial charge in [-0.15, -0.1) is 0 Å². The molecule has 1 aliphatic carbocycles. The van der Waals surface area contributed by atoms with Crippen LogP contribution in [0.2, 0.25) is 0 Å². The fraction of sp³-hybridized carbons (Fsp3) is 0.562. The Morgan fingerprint density at radius 2 is 2.45 bits per heavy atom. The number of hydrogen-bond donors (Lipinski definition) is 2. The summed E-state index contributed by atoms with van der Waals surface area (Å²) in [6.07, 6.45) is 7.08. The van der Waals surface area contributed by atoms with Gasteiger partial charge < -0.3 is 10.6 Å². The zero-order chi connectivity index (χ0) is 15.2. The van der Waals surface area contributed by atoms with Crippen molar-refractivity contribution in [3.05, 3.63) is 24.0 Å². The highest BCUT2D eigenvalue weighted by atomic mass is 16.2. The van der Waals surface area contributed by atoms with Crippen molar-refractivity contribution < 1.29 is 4.79 Å². The summed E-state index contributed by atoms with van der Waals surface area (Å²) in [7, 11) is 0. The van der Waals surface area contributed by atoms with Crippen LogP contribution in [0, 0.1) is 12.8 Å². The molecular formula is C16H21N5O. The lowest BCUT2D eigenvalue weighted by atomic mass is 9.90. The van der Waals surface area contributed by atoms with Gasteiger partial charge in [0.2, 0.25) is 5.91 Å². The molecule has 22 heavy (non-hydrogen) atoms. The molecule has 1 amide bonds. The maximum absolute atomic E-state index is 12.5. The van der Waals surface area contributed by atoms with Crippen LogP contribution >= 0.6 is 0 Å². The number of aromatic nitrogens is 3. The molecule has 2 atom stereocenters. The molecule has 3 heterocycles. The number of rotatable bonds is 3. The summed E-state index contributed by atoms with van der Waals surface area (Å²) in [5.41, 5.74) is 1.83. The van der Waals surface area contributed by atoms with Crippen LogP contribution in [0.4, 0.5) is 0 Å². The number of aryl methyl sites for hydroxylation is 1. The van der Waals surface area contributed by atoms with E-state index in [1.807, 2.05) is 19.2 Å². The number of carbonyl (C=O) groups excluding carboxylic acids is 1. The second kappa shape index (κ2) is 5.05. The van der Waals surface area contributed by atoms with Crippen molar-refractivity contribution >= 4 is 16.9 Å². The van der Waals surface area contributed by atoms with Crippen LogP contribution in [0.15, 0.2) is 18.5 Å². The Bertz CT molecular complexity index is 712. The Morgan fingerprint density at radius 1 is 1.55 bits per heavy atom. The van der Waals surface area contributed by atoms with Gasteiger partial charge in [-0.3, -0.25) is 4.79 Å². The third kappa shape index (κ3) is 2.18. The smallest absolute Gasteiger partial charge is 0.242 e. The summed E-state index contributed by atoms with van der Waals surface area (Å²) < 4.78 is 1.69. The number of nitrogens with zero attached hydrogens (tertiary/aromatic N) is 3. The molecule has 2 aromatic rings. The standard InChI is InChI=1S/C16H21N5O/c1-11-5-12-7-19-21(15(12)18-6-11)9-14(22)20-16-4-2-3-13(16)8-17-10-16/h5-7,13,17H,2-4,8-10H2,1H3,(H,20,22)/t13-,16-/m0/s1. The van der Waals surface area contributed by atoms with Gasteiger partial charge in [0, 0.05) is 24.7 Å². The molecule has 0 radical (unpaired) electrons. The monoisotopic (exact) mass is 299 g/mol. The van der Waals surface area contributed by atoms with Crippen LogP contribution in [0.25, 0.3) is 11.0 Å². The van der Waals surface area contributed by atoms with Crippen molar-refractivity contribution in [3.8, 4) is 0 Å². The van der Waals surface area contributed by atoms with E-state index in [0.717, 1.165) is 36.1 Å². The van der Waals surface area contributed by atoms with Gasteiger partial charge in [0.15, 0.2) is 5.65 Å². The predicted molar refractivity (Wildman–Crippen MR) is 83.3 cm³/mol. The first-order valence-corrected chi connectivity index (χ1v) is 7.96. The number of pyridine rings is 1. The van der Waals surface area contributed by atoms with E-state index in [2.05, 4.69) is 20.7 Å². The van der Waals surface area contributed by atoms with Crippen molar-refractivity contribution in [2.24, 2.45) is 5.92 Å². The van der Waals surface area contributed by atoms with E-state index in [1.54, 1.807) is 10.9 Å². The summed E-state index contributed by atoms with van der Waals surface area (Å²) in [6, 6.07) is 2.04. The molecule has 116 valence electrons. The largest absolute Gasteiger partial charge is 0.347 e. The summed E-state index contributed by atoms with van der Waals surface area (Å²) in [6.45, 7) is 4.14. The lowest BCUT2D eigenvalue weighted by Crippen LogP contribution is -2.52. The van der Waals surface area contributed by atoms with E-state index >= 15 is 0 Å². The normalized spacial score (nSPS) is 27.2. The lowest BCUT2D eigenvalue weighted by Gasteiger charge is -2.29. The fourth-order valence-electron chi connectivity index (χ4n) is 4.00. The zero-order valence-corrected chi connectivity index (χ0v) is 12.8. The summed E-state index contributed by atoms with van der Waals surface area (Å²) in [5, 5.41) is 12.0. The van der Waals surface area contributed by atoms with E-state index in [9.17, 15) is 4.79 Å². The Morgan fingerprint density at radius 3 is 3.36 bits per heavy atom. The number of amides is 1. The molecule has 0 unspecified atom stereocenters. The van der Waals surface area contributed by atoms with Gasteiger partial charge in [-0.25, -0.2) is 9.67 Å². The van der Waals surface area contributed by atoms with E-state index in [4.69, 9.17) is 0 Å². The maximum Gasteiger partial charge on any atom is 0.242 e. The molecule has 0 bridgehead atoms. The lowest BCUT2D eigenvalue weighted by molar-refractivity contribution is -0.123. The van der Waals surface area contributed by atoms with Crippen molar-refractivity contribution in [3.63, 3.8) is 0 Å². The predicted octanol–water partition coefficient (Wildman–Crippen LogP) is 0.998. The fourth-order valence-corrected chi connectivity index (χ4v) is 4.00. The number of nitrogens with one attached hydrogen (secondary N) is 2. The molecular weight excluding hydrogens is 278 g/mol. The molecule has 0 aromatic carbocycles. The molecule has 2 fully saturated rings. The quantitative estimate of drug-likeness (QED) is 0.887. The number of fused-ring (bicyclic) bond motifs is 2. The molecule has 1 saturated carbocycles. The third-order valence-electron chi connectivity index (χ3n) is 5.08. The number of carbonyl (C=O) groups is 1. The van der Waals surface area contributed by atoms with Crippen molar-refractivity contribution in [1.29, 1.82) is 0 Å². The van der Waals surface area contributed by atoms with Crippen molar-refractivity contribution in [2.45, 2.75) is 38.3 Å². The van der Waals surface area contributed by atoms with E-state index < -0.39 is 0 Å². The van der Waals surface area contributed by atoms with Crippen LogP contribution in [0.5, 0.6) is 0 Å². The molecule has 1 saturated heterocycles. The minimum Gasteiger partial charge on any atom is -0.347 e. The van der Waals surface area contributed by atoms with Gasteiger partial charge in [-0.2, -0.15) is 5.10 Å². The van der Waals surface area contributed by atoms with Crippen LogP contribution in [0.1, 0.15) is 24.8 Å². The molecule has 1 aliphatic heterocycles. The summed E-state index contributed by atoms with van der Waals surface area (Å²) in [5.74, 6) is 0.606. The topological polar surface area (TPSA) is 71.8 Å². The maximum atomic E-state index is 12.5. The average molecular weight is 299 g/mol. The van der Waals surface area contributed by atoms with Crippen molar-refractivity contribution in [1.82, 2.24) is 25.4 Å². The van der Waals surface area contributed by atoms with Crippen LogP contribution in [-0.2, 0) is 11.3 Å². The Hall–Kier alpha value is -1.95. The molecule has 0 spiro atoms. The molecule has 6 nitrogen and oxygen atoms in total. The molecule has 2 aromatic heterocycles. The Labute approximate surface area is 129 Å². The summed E-state index contributed by atoms with van der Waals surface area (Å²) >= 11 is 0. The molecule has 6 heteroatoms. The van der Waals surface area contributed by atoms with Crippen LogP contribution in [-0.4, -0.2) is 39.3 Å². The Balaban J connectivity index is 1.51. The first kappa shape index (κ1) is 13.7. The van der Waals surface area contributed by atoms with Crippen molar-refractivity contribution in [2.75, 3.05) is 13.1 Å². The van der Waals surface area contributed by atoms with Gasteiger partial charge in [0.25, 0.3) is 0 Å². The molecule has 2 aliphatic rings. The van der Waals surface area contributed by atoms with Gasteiger partial charge in [0.1, 0.15) is 6.54 Å². The SMILES string of the molecule is Cc1cnc2c(cnn2CC(=O)N[C@]23CCC[C@H]2CNC3)c1. The van der Waals surface area contributed by atoms with Gasteiger partial charge in [-0.05, 0) is 37.3 Å². The third-order valence-corrected chi connectivity index (χ3v) is 5.08. The first-order chi connectivity index (χ1) is 10.7. The zero-order valence-electron chi connectivity index (χ0n) is 12.8. The highest BCUT2D eigenvalue weighted by molar-refractivity contribution is 5.80.